The predicted octanol–water partition coefficient (Wildman–Crippen LogP) is 1.37. The molecule has 0 saturated carbocycles. The summed E-state index contributed by atoms with van der Waals surface area (Å²) in [5.41, 5.74) is -0.443. The highest BCUT2D eigenvalue weighted by molar-refractivity contribution is 5.69. The Labute approximate surface area is 127 Å². The molecule has 0 spiro atoms. The Balaban J connectivity index is 2.20. The number of nitrogens with zero attached hydrogens (tertiary/aromatic N) is 1. The molecule has 124 valence electrons. The first-order valence-corrected chi connectivity index (χ1v) is 7.83. The molecule has 0 aromatic heterocycles. The fourth-order valence-corrected chi connectivity index (χ4v) is 2.34. The van der Waals surface area contributed by atoms with Crippen molar-refractivity contribution in [3.05, 3.63) is 0 Å². The van der Waals surface area contributed by atoms with Crippen molar-refractivity contribution >= 4 is 6.09 Å². The second kappa shape index (κ2) is 9.23. The van der Waals surface area contributed by atoms with Crippen molar-refractivity contribution in [2.24, 2.45) is 0 Å². The van der Waals surface area contributed by atoms with Crippen molar-refractivity contribution in [2.75, 3.05) is 39.5 Å². The van der Waals surface area contributed by atoms with Gasteiger partial charge >= 0.3 is 6.09 Å². The highest BCUT2D eigenvalue weighted by atomic mass is 16.6. The number of aliphatic hydroxyl groups excluding tert-OH is 1. The summed E-state index contributed by atoms with van der Waals surface area (Å²) >= 11 is 0. The first-order chi connectivity index (χ1) is 9.94. The number of amides is 1. The van der Waals surface area contributed by atoms with E-state index in [2.05, 4.69) is 5.32 Å². The van der Waals surface area contributed by atoms with Crippen LogP contribution in [0.4, 0.5) is 4.79 Å². The molecule has 0 bridgehead atoms. The molecule has 6 heteroatoms. The third kappa shape index (κ3) is 7.64. The molecule has 21 heavy (non-hydrogen) atoms. The molecule has 6 nitrogen and oxygen atoms in total. The van der Waals surface area contributed by atoms with Crippen LogP contribution in [0, 0.1) is 0 Å². The minimum Gasteiger partial charge on any atom is -0.444 e. The SMILES string of the molecule is CC(C)(C)OC(=O)N1CCCC1CNCCCOCCO. The zero-order valence-electron chi connectivity index (χ0n) is 13.6. The zero-order chi connectivity index (χ0) is 15.7. The lowest BCUT2D eigenvalue weighted by molar-refractivity contribution is 0.0226. The van der Waals surface area contributed by atoms with Gasteiger partial charge < -0.3 is 24.8 Å². The maximum absolute atomic E-state index is 12.1. The smallest absolute Gasteiger partial charge is 0.410 e. The largest absolute Gasteiger partial charge is 0.444 e. The van der Waals surface area contributed by atoms with Gasteiger partial charge in [0, 0.05) is 25.7 Å². The molecule has 1 heterocycles. The highest BCUT2D eigenvalue weighted by Crippen LogP contribution is 2.20. The number of carbonyl (C=O) groups excluding carboxylic acids is 1. The standard InChI is InChI=1S/C15H30N2O4/c1-15(2,3)21-14(19)17-8-4-6-13(17)12-16-7-5-10-20-11-9-18/h13,16,18H,4-12H2,1-3H3. The van der Waals surface area contributed by atoms with Crippen LogP contribution >= 0.6 is 0 Å². The van der Waals surface area contributed by atoms with Crippen molar-refractivity contribution in [1.29, 1.82) is 0 Å². The van der Waals surface area contributed by atoms with E-state index >= 15 is 0 Å². The van der Waals surface area contributed by atoms with Gasteiger partial charge in [-0.3, -0.25) is 0 Å². The molecule has 1 rings (SSSR count). The molecule has 1 saturated heterocycles. The lowest BCUT2D eigenvalue weighted by Crippen LogP contribution is -2.44. The Bertz CT molecular complexity index is 305. The van der Waals surface area contributed by atoms with Crippen LogP contribution in [0.15, 0.2) is 0 Å². The third-order valence-corrected chi connectivity index (χ3v) is 3.26. The molecule has 0 radical (unpaired) electrons. The molecule has 0 aromatic carbocycles. The summed E-state index contributed by atoms with van der Waals surface area (Å²) < 4.78 is 10.6. The fraction of sp³-hybridized carbons (Fsp3) is 0.933. The van der Waals surface area contributed by atoms with Crippen molar-refractivity contribution in [3.8, 4) is 0 Å². The Kier molecular flexibility index (Phi) is 8.00. The lowest BCUT2D eigenvalue weighted by atomic mass is 10.2. The van der Waals surface area contributed by atoms with Gasteiger partial charge in [-0.15, -0.1) is 0 Å². The molecular formula is C15H30N2O4. The predicted molar refractivity (Wildman–Crippen MR) is 81.4 cm³/mol. The first kappa shape index (κ1) is 18.2. The Hall–Kier alpha value is -0.850. The number of aliphatic hydroxyl groups is 1. The summed E-state index contributed by atoms with van der Waals surface area (Å²) in [7, 11) is 0. The van der Waals surface area contributed by atoms with Crippen LogP contribution in [-0.4, -0.2) is 67.2 Å². The van der Waals surface area contributed by atoms with E-state index < -0.39 is 5.60 Å². The van der Waals surface area contributed by atoms with Gasteiger partial charge in [-0.05, 0) is 46.6 Å². The molecule has 1 unspecified atom stereocenters. The summed E-state index contributed by atoms with van der Waals surface area (Å²) in [4.78, 5) is 13.9. The normalized spacial score (nSPS) is 19.0. The van der Waals surface area contributed by atoms with Crippen LogP contribution in [0.25, 0.3) is 0 Å². The monoisotopic (exact) mass is 302 g/mol. The average Bonchev–Trinajstić information content (AvgIpc) is 2.84. The summed E-state index contributed by atoms with van der Waals surface area (Å²) in [5, 5.41) is 11.9. The van der Waals surface area contributed by atoms with E-state index in [4.69, 9.17) is 14.6 Å². The van der Waals surface area contributed by atoms with Crippen LogP contribution < -0.4 is 5.32 Å². The summed E-state index contributed by atoms with van der Waals surface area (Å²) in [6.45, 7) is 9.20. The molecule has 1 aliphatic rings. The number of likely N-dealkylation sites (tertiary alicyclic amines) is 1. The topological polar surface area (TPSA) is 71.0 Å². The highest BCUT2D eigenvalue weighted by Gasteiger charge is 2.31. The molecule has 0 aromatic rings. The minimum absolute atomic E-state index is 0.0698. The van der Waals surface area contributed by atoms with Gasteiger partial charge in [-0.2, -0.15) is 0 Å². The number of carbonyl (C=O) groups is 1. The molecule has 1 fully saturated rings. The number of hydrogen-bond donors (Lipinski definition) is 2. The molecule has 0 aliphatic carbocycles. The first-order valence-electron chi connectivity index (χ1n) is 7.83. The molecule has 1 amide bonds. The van der Waals surface area contributed by atoms with Gasteiger partial charge in [-0.1, -0.05) is 0 Å². The summed E-state index contributed by atoms with van der Waals surface area (Å²) in [5.74, 6) is 0. The van der Waals surface area contributed by atoms with Crippen LogP contribution in [-0.2, 0) is 9.47 Å². The number of ether oxygens (including phenoxy) is 2. The number of hydrogen-bond acceptors (Lipinski definition) is 5. The maximum atomic E-state index is 12.1. The Morgan fingerprint density at radius 2 is 2.14 bits per heavy atom. The third-order valence-electron chi connectivity index (χ3n) is 3.26. The average molecular weight is 302 g/mol. The van der Waals surface area contributed by atoms with E-state index in [1.165, 1.54) is 0 Å². The van der Waals surface area contributed by atoms with Gasteiger partial charge in [0.1, 0.15) is 5.60 Å². The van der Waals surface area contributed by atoms with Crippen LogP contribution in [0.1, 0.15) is 40.0 Å². The number of rotatable bonds is 8. The second-order valence-corrected chi connectivity index (χ2v) is 6.36. The molecule has 1 aliphatic heterocycles. The van der Waals surface area contributed by atoms with Crippen LogP contribution in [0.2, 0.25) is 0 Å². The van der Waals surface area contributed by atoms with Gasteiger partial charge in [0.2, 0.25) is 0 Å². The molecule has 2 N–H and O–H groups in total. The van der Waals surface area contributed by atoms with Crippen molar-refractivity contribution in [3.63, 3.8) is 0 Å². The Morgan fingerprint density at radius 3 is 2.81 bits per heavy atom. The maximum Gasteiger partial charge on any atom is 0.410 e. The summed E-state index contributed by atoms with van der Waals surface area (Å²) in [6.07, 6.45) is 2.75. The van der Waals surface area contributed by atoms with Crippen LogP contribution in [0.5, 0.6) is 0 Å². The van der Waals surface area contributed by atoms with E-state index in [0.717, 1.165) is 38.9 Å². The van der Waals surface area contributed by atoms with Gasteiger partial charge in [0.05, 0.1) is 13.2 Å². The molecular weight excluding hydrogens is 272 g/mol. The zero-order valence-corrected chi connectivity index (χ0v) is 13.6. The van der Waals surface area contributed by atoms with Gasteiger partial charge in [0.25, 0.3) is 0 Å². The fourth-order valence-electron chi connectivity index (χ4n) is 2.34. The van der Waals surface area contributed by atoms with E-state index in [-0.39, 0.29) is 18.7 Å². The second-order valence-electron chi connectivity index (χ2n) is 6.36. The summed E-state index contributed by atoms with van der Waals surface area (Å²) in [6, 6.07) is 0.221. The van der Waals surface area contributed by atoms with Crippen molar-refractivity contribution in [2.45, 2.75) is 51.7 Å². The van der Waals surface area contributed by atoms with Gasteiger partial charge in [-0.25, -0.2) is 4.79 Å². The lowest BCUT2D eigenvalue weighted by Gasteiger charge is -2.28. The number of nitrogens with one attached hydrogen (secondary N) is 1. The van der Waals surface area contributed by atoms with E-state index in [1.807, 2.05) is 25.7 Å². The minimum atomic E-state index is -0.443. The van der Waals surface area contributed by atoms with E-state index in [0.29, 0.717) is 13.2 Å². The van der Waals surface area contributed by atoms with E-state index in [1.54, 1.807) is 0 Å². The Morgan fingerprint density at radius 1 is 1.38 bits per heavy atom. The van der Waals surface area contributed by atoms with Crippen LogP contribution in [0.3, 0.4) is 0 Å². The van der Waals surface area contributed by atoms with Crippen molar-refractivity contribution < 1.29 is 19.4 Å². The van der Waals surface area contributed by atoms with E-state index in [9.17, 15) is 4.79 Å². The van der Waals surface area contributed by atoms with Crippen molar-refractivity contribution in [1.82, 2.24) is 10.2 Å². The quantitative estimate of drug-likeness (QED) is 0.663. The molecule has 1 atom stereocenters. The van der Waals surface area contributed by atoms with Gasteiger partial charge in [0.15, 0.2) is 0 Å².